The Balaban J connectivity index is 1.46. The first-order valence-electron chi connectivity index (χ1n) is 16.8. The van der Waals surface area contributed by atoms with E-state index in [-0.39, 0.29) is 12.7 Å². The van der Waals surface area contributed by atoms with Crippen molar-refractivity contribution in [3.8, 4) is 22.3 Å². The summed E-state index contributed by atoms with van der Waals surface area (Å²) in [6.07, 6.45) is 10.4. The Morgan fingerprint density at radius 2 is 1.31 bits per heavy atom. The van der Waals surface area contributed by atoms with E-state index in [1.165, 1.54) is 61.2 Å². The van der Waals surface area contributed by atoms with E-state index >= 15 is 0 Å². The van der Waals surface area contributed by atoms with Gasteiger partial charge in [-0.2, -0.15) is 0 Å². The zero-order valence-corrected chi connectivity index (χ0v) is 33.0. The molecule has 233 valence electrons. The van der Waals surface area contributed by atoms with Crippen LogP contribution in [0.25, 0.3) is 34.4 Å². The molecule has 2 unspecified atom stereocenters. The fraction of sp³-hybridized carbons (Fsp3) is 0.317. The molecule has 45 heavy (non-hydrogen) atoms. The molecule has 4 aromatic carbocycles. The normalized spacial score (nSPS) is 18.4. The quantitative estimate of drug-likeness (QED) is 0.158. The Morgan fingerprint density at radius 1 is 0.733 bits per heavy atom. The molecular weight excluding hydrogens is 683 g/mol. The second kappa shape index (κ2) is 12.2. The van der Waals surface area contributed by atoms with Crippen molar-refractivity contribution in [2.24, 2.45) is 0 Å². The third-order valence-corrected chi connectivity index (χ3v) is 62.6. The van der Waals surface area contributed by atoms with Crippen LogP contribution in [0.2, 0.25) is 13.1 Å². The molecule has 4 aromatic rings. The van der Waals surface area contributed by atoms with Crippen molar-refractivity contribution in [3.63, 3.8) is 0 Å². The van der Waals surface area contributed by atoms with Gasteiger partial charge in [-0.3, -0.25) is 0 Å². The zero-order chi connectivity index (χ0) is 32.2. The Labute approximate surface area is 280 Å². The molecule has 0 radical (unpaired) electrons. The maximum atomic E-state index is 8.44. The fourth-order valence-electron chi connectivity index (χ4n) is 7.90. The SMILES string of the molecule is CCCc1ccc(-c2cccc3c2C=C(CC)[CH]3[Zr]([Cl])([Cl])([CH]2C=Cc3c(-c4ccc(C(C)(C)C)cc4)cccc32)[SiH](C)C)cc1. The summed E-state index contributed by atoms with van der Waals surface area (Å²) >= 11 is -4.67. The Bertz CT molecular complexity index is 1790. The second-order valence-electron chi connectivity index (χ2n) is 14.6. The van der Waals surface area contributed by atoms with Crippen molar-refractivity contribution in [2.45, 2.75) is 79.6 Å². The minimum atomic E-state index is -4.67. The van der Waals surface area contributed by atoms with Crippen LogP contribution in [0, 0.1) is 0 Å². The van der Waals surface area contributed by atoms with Gasteiger partial charge in [-0.15, -0.1) is 0 Å². The van der Waals surface area contributed by atoms with Crippen molar-refractivity contribution < 1.29 is 15.6 Å². The summed E-state index contributed by atoms with van der Waals surface area (Å²) < 4.78 is 0.212. The van der Waals surface area contributed by atoms with Crippen molar-refractivity contribution >= 4 is 35.1 Å². The fourth-order valence-corrected chi connectivity index (χ4v) is 37.5. The number of aryl methyl sites for hydroxylation is 1. The molecule has 0 saturated carbocycles. The number of hydrogen-bond acceptors (Lipinski definition) is 0. The maximum absolute atomic E-state index is 8.44. The molecule has 0 fully saturated rings. The van der Waals surface area contributed by atoms with Gasteiger partial charge >= 0.3 is 283 Å². The number of allylic oxidation sites excluding steroid dienone is 2. The molecule has 0 aliphatic heterocycles. The summed E-state index contributed by atoms with van der Waals surface area (Å²) in [5.41, 5.74) is 14.7. The summed E-state index contributed by atoms with van der Waals surface area (Å²) in [4.78, 5) is 0. The molecule has 0 aromatic heterocycles. The molecule has 2 atom stereocenters. The van der Waals surface area contributed by atoms with Gasteiger partial charge in [0.1, 0.15) is 0 Å². The predicted molar refractivity (Wildman–Crippen MR) is 200 cm³/mol. The molecule has 0 N–H and O–H groups in total. The van der Waals surface area contributed by atoms with E-state index in [1.807, 2.05) is 0 Å². The van der Waals surface area contributed by atoms with E-state index in [9.17, 15) is 0 Å². The van der Waals surface area contributed by atoms with Gasteiger partial charge in [0.15, 0.2) is 0 Å². The van der Waals surface area contributed by atoms with Gasteiger partial charge in [-0.1, -0.05) is 0 Å². The summed E-state index contributed by atoms with van der Waals surface area (Å²) in [7, 11) is 16.9. The topological polar surface area (TPSA) is 0 Å². The van der Waals surface area contributed by atoms with Crippen molar-refractivity contribution in [2.75, 3.05) is 0 Å². The van der Waals surface area contributed by atoms with Crippen LogP contribution >= 0.6 is 17.0 Å². The first-order valence-corrected chi connectivity index (χ1v) is 33.1. The van der Waals surface area contributed by atoms with Crippen LogP contribution in [0.1, 0.15) is 88.1 Å². The van der Waals surface area contributed by atoms with Crippen LogP contribution in [0.5, 0.6) is 0 Å². The molecule has 0 spiro atoms. The van der Waals surface area contributed by atoms with E-state index in [4.69, 9.17) is 17.0 Å². The number of rotatable bonds is 8. The zero-order valence-electron chi connectivity index (χ0n) is 27.9. The van der Waals surface area contributed by atoms with Gasteiger partial charge in [-0.25, -0.2) is 0 Å². The Hall–Kier alpha value is -1.96. The van der Waals surface area contributed by atoms with E-state index in [0.29, 0.717) is 0 Å². The van der Waals surface area contributed by atoms with Crippen LogP contribution in [-0.2, 0) is 27.4 Å². The van der Waals surface area contributed by atoms with Gasteiger partial charge in [0.25, 0.3) is 0 Å². The van der Waals surface area contributed by atoms with Crippen LogP contribution in [-0.4, -0.2) is 5.92 Å². The standard InChI is InChI=1S/C20H21.C19H19.C2H7Si.2ClH.Zr/c1-3-6-16-9-11-17(12-10-16)19-8-5-7-18-13-15(4-2)14-20(18)19;1-19(2,3)16-12-10-15(11-13-16)18-9-5-7-14-6-4-8-17(14)18;1-3-2;;;/h5,7-14H,3-4,6H2,1-2H3;4-13H,1-3H3;3H,1-2H3;2*1H;/q;;;;;+2/p-2. The van der Waals surface area contributed by atoms with Crippen molar-refractivity contribution in [1.82, 2.24) is 0 Å². The van der Waals surface area contributed by atoms with Crippen molar-refractivity contribution in [3.05, 3.63) is 130 Å². The van der Waals surface area contributed by atoms with Gasteiger partial charge in [-0.05, 0) is 0 Å². The van der Waals surface area contributed by atoms with Gasteiger partial charge in [0, 0.05) is 0 Å². The van der Waals surface area contributed by atoms with E-state index < -0.39 is 21.5 Å². The van der Waals surface area contributed by atoms with E-state index in [2.05, 4.69) is 151 Å². The minimum absolute atomic E-state index is 0.0909. The number of fused-ring (bicyclic) bond motifs is 2. The Kier molecular flexibility index (Phi) is 8.97. The molecule has 4 heteroatoms. The molecular formula is C41H47Cl2SiZr. The molecule has 6 rings (SSSR count). The molecule has 2 aliphatic rings. The third-order valence-electron chi connectivity index (χ3n) is 10.6. The van der Waals surface area contributed by atoms with Gasteiger partial charge in [0.2, 0.25) is 0 Å². The van der Waals surface area contributed by atoms with Gasteiger partial charge < -0.3 is 0 Å². The molecule has 0 amide bonds. The first-order chi connectivity index (χ1) is 21.4. The second-order valence-corrected chi connectivity index (χ2v) is 57.2. The number of hydrogen-bond donors (Lipinski definition) is 0. The first kappa shape index (κ1) is 33.0. The molecule has 0 saturated heterocycles. The van der Waals surface area contributed by atoms with E-state index in [1.54, 1.807) is 0 Å². The summed E-state index contributed by atoms with van der Waals surface area (Å²) in [6.45, 7) is 16.2. The summed E-state index contributed by atoms with van der Waals surface area (Å²) in [5.74, 6) is -1.56. The van der Waals surface area contributed by atoms with Crippen LogP contribution in [0.4, 0.5) is 0 Å². The van der Waals surface area contributed by atoms with Crippen LogP contribution in [0.15, 0.2) is 96.6 Å². The van der Waals surface area contributed by atoms with E-state index in [0.717, 1.165) is 19.3 Å². The average Bonchev–Trinajstić information content (AvgIpc) is 3.64. The number of halogens is 2. The molecule has 0 bridgehead atoms. The average molecular weight is 730 g/mol. The van der Waals surface area contributed by atoms with Crippen LogP contribution in [0.3, 0.4) is 0 Å². The summed E-state index contributed by atoms with van der Waals surface area (Å²) in [6, 6.07) is 31.9. The Morgan fingerprint density at radius 3 is 1.87 bits per heavy atom. The summed E-state index contributed by atoms with van der Waals surface area (Å²) in [5, 5.41) is 0. The predicted octanol–water partition coefficient (Wildman–Crippen LogP) is 12.9. The molecule has 2 aliphatic carbocycles. The third kappa shape index (κ3) is 5.57. The van der Waals surface area contributed by atoms with Crippen molar-refractivity contribution in [1.29, 1.82) is 0 Å². The molecule has 0 heterocycles. The monoisotopic (exact) mass is 727 g/mol. The van der Waals surface area contributed by atoms with Gasteiger partial charge in [0.05, 0.1) is 0 Å². The van der Waals surface area contributed by atoms with Crippen LogP contribution < -0.4 is 0 Å². The molecule has 0 nitrogen and oxygen atoms in total. The number of benzene rings is 4.